The molecule has 0 bridgehead atoms. The SMILES string of the molecule is CN(CCCN)C(=O)CS(=O)(=O)CCS(C)(=O)=O. The molecule has 0 aliphatic heterocycles. The highest BCUT2D eigenvalue weighted by molar-refractivity contribution is 7.95. The maximum Gasteiger partial charge on any atom is 0.237 e. The molecule has 2 N–H and O–H groups in total. The molecule has 0 spiro atoms. The van der Waals surface area contributed by atoms with Crippen molar-refractivity contribution in [3.8, 4) is 0 Å². The van der Waals surface area contributed by atoms with E-state index in [0.29, 0.717) is 19.5 Å². The Balaban J connectivity index is 4.36. The van der Waals surface area contributed by atoms with Crippen LogP contribution in [0.25, 0.3) is 0 Å². The Morgan fingerprint density at radius 2 is 1.72 bits per heavy atom. The van der Waals surface area contributed by atoms with E-state index < -0.39 is 42.8 Å². The van der Waals surface area contributed by atoms with E-state index in [4.69, 9.17) is 5.73 Å². The standard InChI is InChI=1S/C9H20N2O5S2/c1-11(5-3-4-10)9(12)8-18(15,16)7-6-17(2,13)14/h3-8,10H2,1-2H3. The van der Waals surface area contributed by atoms with Gasteiger partial charge in [-0.25, -0.2) is 16.8 Å². The van der Waals surface area contributed by atoms with Crippen molar-refractivity contribution in [1.29, 1.82) is 0 Å². The van der Waals surface area contributed by atoms with Crippen molar-refractivity contribution in [2.24, 2.45) is 5.73 Å². The Bertz CT molecular complexity index is 469. The number of amides is 1. The highest BCUT2D eigenvalue weighted by Gasteiger charge is 2.21. The largest absolute Gasteiger partial charge is 0.345 e. The Hall–Kier alpha value is -0.670. The van der Waals surface area contributed by atoms with E-state index in [-0.39, 0.29) is 0 Å². The van der Waals surface area contributed by atoms with Crippen molar-refractivity contribution in [1.82, 2.24) is 4.90 Å². The summed E-state index contributed by atoms with van der Waals surface area (Å²) in [6, 6.07) is 0. The van der Waals surface area contributed by atoms with Gasteiger partial charge in [0.25, 0.3) is 0 Å². The second kappa shape index (κ2) is 7.05. The Morgan fingerprint density at radius 1 is 1.17 bits per heavy atom. The molecular formula is C9H20N2O5S2. The fourth-order valence-corrected chi connectivity index (χ4v) is 4.07. The molecule has 0 saturated carbocycles. The number of rotatable bonds is 8. The van der Waals surface area contributed by atoms with Gasteiger partial charge in [0.15, 0.2) is 9.84 Å². The summed E-state index contributed by atoms with van der Waals surface area (Å²) in [5, 5.41) is 0. The van der Waals surface area contributed by atoms with Gasteiger partial charge in [-0.15, -0.1) is 0 Å². The van der Waals surface area contributed by atoms with Crippen LogP contribution in [0.3, 0.4) is 0 Å². The van der Waals surface area contributed by atoms with Crippen molar-refractivity contribution >= 4 is 25.6 Å². The minimum atomic E-state index is -3.69. The van der Waals surface area contributed by atoms with Crippen LogP contribution in [-0.2, 0) is 24.5 Å². The zero-order valence-electron chi connectivity index (χ0n) is 10.6. The number of hydrogen-bond donors (Lipinski definition) is 1. The number of sulfone groups is 2. The lowest BCUT2D eigenvalue weighted by atomic mass is 10.4. The van der Waals surface area contributed by atoms with Crippen LogP contribution in [0.1, 0.15) is 6.42 Å². The van der Waals surface area contributed by atoms with Crippen LogP contribution in [0.15, 0.2) is 0 Å². The van der Waals surface area contributed by atoms with Gasteiger partial charge in [0.1, 0.15) is 15.6 Å². The summed E-state index contributed by atoms with van der Waals surface area (Å²) in [5.41, 5.74) is 5.28. The third kappa shape index (κ3) is 8.43. The zero-order chi connectivity index (χ0) is 14.4. The van der Waals surface area contributed by atoms with Gasteiger partial charge in [0, 0.05) is 19.8 Å². The summed E-state index contributed by atoms with van der Waals surface area (Å²) in [7, 11) is -5.54. The topological polar surface area (TPSA) is 115 Å². The second-order valence-corrected chi connectivity index (χ2v) is 8.62. The summed E-state index contributed by atoms with van der Waals surface area (Å²) in [6.07, 6.45) is 1.54. The van der Waals surface area contributed by atoms with Crippen molar-refractivity contribution in [3.05, 3.63) is 0 Å². The van der Waals surface area contributed by atoms with Crippen LogP contribution in [0.2, 0.25) is 0 Å². The first-order valence-electron chi connectivity index (χ1n) is 5.39. The van der Waals surface area contributed by atoms with Crippen molar-refractivity contribution < 1.29 is 21.6 Å². The molecule has 0 rings (SSSR count). The van der Waals surface area contributed by atoms with E-state index >= 15 is 0 Å². The molecule has 0 unspecified atom stereocenters. The lowest BCUT2D eigenvalue weighted by molar-refractivity contribution is -0.127. The molecule has 0 radical (unpaired) electrons. The molecule has 0 aliphatic carbocycles. The van der Waals surface area contributed by atoms with Gasteiger partial charge < -0.3 is 10.6 Å². The third-order valence-electron chi connectivity index (χ3n) is 2.23. The summed E-state index contributed by atoms with van der Waals surface area (Å²) in [4.78, 5) is 12.8. The summed E-state index contributed by atoms with van der Waals surface area (Å²) in [5.74, 6) is -2.20. The van der Waals surface area contributed by atoms with Crippen LogP contribution in [0, 0.1) is 0 Å². The lowest BCUT2D eigenvalue weighted by Crippen LogP contribution is -2.35. The average molecular weight is 300 g/mol. The van der Waals surface area contributed by atoms with E-state index in [9.17, 15) is 21.6 Å². The highest BCUT2D eigenvalue weighted by atomic mass is 32.2. The zero-order valence-corrected chi connectivity index (χ0v) is 12.3. The Labute approximate surface area is 108 Å². The highest BCUT2D eigenvalue weighted by Crippen LogP contribution is 1.97. The first kappa shape index (κ1) is 17.3. The van der Waals surface area contributed by atoms with Crippen LogP contribution >= 0.6 is 0 Å². The fraction of sp³-hybridized carbons (Fsp3) is 0.889. The Morgan fingerprint density at radius 3 is 2.17 bits per heavy atom. The quantitative estimate of drug-likeness (QED) is 0.568. The van der Waals surface area contributed by atoms with E-state index in [1.54, 1.807) is 0 Å². The maximum atomic E-state index is 11.5. The van der Waals surface area contributed by atoms with Crippen LogP contribution in [-0.4, -0.2) is 71.3 Å². The first-order chi connectivity index (χ1) is 8.07. The molecule has 18 heavy (non-hydrogen) atoms. The summed E-state index contributed by atoms with van der Waals surface area (Å²) in [6.45, 7) is 0.801. The van der Waals surface area contributed by atoms with E-state index in [1.807, 2.05) is 0 Å². The molecule has 0 aromatic carbocycles. The molecule has 0 aliphatic rings. The molecule has 9 heteroatoms. The number of hydrogen-bond acceptors (Lipinski definition) is 6. The second-order valence-electron chi connectivity index (χ2n) is 4.18. The van der Waals surface area contributed by atoms with Crippen molar-refractivity contribution in [2.45, 2.75) is 6.42 Å². The normalized spacial score (nSPS) is 12.4. The molecule has 0 fully saturated rings. The monoisotopic (exact) mass is 300 g/mol. The molecule has 1 amide bonds. The molecule has 0 aromatic rings. The van der Waals surface area contributed by atoms with Gasteiger partial charge in [-0.05, 0) is 13.0 Å². The Kier molecular flexibility index (Phi) is 6.79. The molecule has 108 valence electrons. The lowest BCUT2D eigenvalue weighted by Gasteiger charge is -2.16. The average Bonchev–Trinajstić information content (AvgIpc) is 2.21. The van der Waals surface area contributed by atoms with Gasteiger partial charge in [0.2, 0.25) is 5.91 Å². The minimum Gasteiger partial charge on any atom is -0.345 e. The molecule has 7 nitrogen and oxygen atoms in total. The maximum absolute atomic E-state index is 11.5. The number of nitrogens with two attached hydrogens (primary N) is 1. The van der Waals surface area contributed by atoms with E-state index in [2.05, 4.69) is 0 Å². The van der Waals surface area contributed by atoms with E-state index in [1.165, 1.54) is 11.9 Å². The summed E-state index contributed by atoms with van der Waals surface area (Å²) >= 11 is 0. The molecular weight excluding hydrogens is 280 g/mol. The molecule has 0 heterocycles. The van der Waals surface area contributed by atoms with Gasteiger partial charge in [-0.2, -0.15) is 0 Å². The van der Waals surface area contributed by atoms with Gasteiger partial charge >= 0.3 is 0 Å². The number of nitrogens with zero attached hydrogens (tertiary/aromatic N) is 1. The predicted octanol–water partition coefficient (Wildman–Crippen LogP) is -1.75. The van der Waals surface area contributed by atoms with E-state index in [0.717, 1.165) is 6.26 Å². The van der Waals surface area contributed by atoms with Gasteiger partial charge in [0.05, 0.1) is 11.5 Å². The van der Waals surface area contributed by atoms with Gasteiger partial charge in [-0.1, -0.05) is 0 Å². The molecule has 0 atom stereocenters. The first-order valence-corrected chi connectivity index (χ1v) is 9.28. The summed E-state index contributed by atoms with van der Waals surface area (Å²) < 4.78 is 44.8. The van der Waals surface area contributed by atoms with Crippen molar-refractivity contribution in [3.63, 3.8) is 0 Å². The smallest absolute Gasteiger partial charge is 0.237 e. The molecule has 0 aromatic heterocycles. The third-order valence-corrected chi connectivity index (χ3v) is 4.95. The number of carbonyl (C=O) groups excluding carboxylic acids is 1. The van der Waals surface area contributed by atoms with Crippen LogP contribution < -0.4 is 5.73 Å². The number of carbonyl (C=O) groups is 1. The van der Waals surface area contributed by atoms with Crippen LogP contribution in [0.4, 0.5) is 0 Å². The van der Waals surface area contributed by atoms with Crippen LogP contribution in [0.5, 0.6) is 0 Å². The van der Waals surface area contributed by atoms with Crippen molar-refractivity contribution in [2.75, 3.05) is 43.7 Å². The fourth-order valence-electron chi connectivity index (χ4n) is 1.10. The minimum absolute atomic E-state index is 0.386. The predicted molar refractivity (Wildman–Crippen MR) is 69.7 cm³/mol. The molecule has 0 saturated heterocycles. The van der Waals surface area contributed by atoms with Gasteiger partial charge in [-0.3, -0.25) is 4.79 Å².